The molecule has 0 spiro atoms. The topological polar surface area (TPSA) is 20.2 Å². The van der Waals surface area contributed by atoms with E-state index in [1.807, 2.05) is 0 Å². The van der Waals surface area contributed by atoms with Crippen LogP contribution < -0.4 is 0 Å². The van der Waals surface area contributed by atoms with Crippen LogP contribution in [0.15, 0.2) is 71.9 Å². The van der Waals surface area contributed by atoms with Gasteiger partial charge in [0.2, 0.25) is 0 Å². The highest BCUT2D eigenvalue weighted by Crippen LogP contribution is 2.58. The van der Waals surface area contributed by atoms with Crippen LogP contribution in [0.4, 0.5) is 0 Å². The van der Waals surface area contributed by atoms with E-state index in [1.165, 1.54) is 41.6 Å². The second kappa shape index (κ2) is 9.04. The molecule has 5 atom stereocenters. The minimum atomic E-state index is -0.207. The average Bonchev–Trinajstić information content (AvgIpc) is 3.04. The zero-order valence-electron chi connectivity index (χ0n) is 19.0. The Morgan fingerprint density at radius 3 is 2.69 bits per heavy atom. The Hall–Kier alpha value is -1.60. The average molecular weight is 393 g/mol. The lowest BCUT2D eigenvalue weighted by molar-refractivity contribution is 0.148. The van der Waals surface area contributed by atoms with E-state index in [0.717, 1.165) is 19.3 Å². The highest BCUT2D eigenvalue weighted by molar-refractivity contribution is 5.39. The lowest BCUT2D eigenvalue weighted by Crippen LogP contribution is -2.34. The molecule has 0 aliphatic heterocycles. The molecule has 2 saturated carbocycles. The van der Waals surface area contributed by atoms with Crippen LogP contribution in [-0.4, -0.2) is 11.2 Å². The summed E-state index contributed by atoms with van der Waals surface area (Å²) in [5, 5.41) is 10.0. The van der Waals surface area contributed by atoms with Gasteiger partial charge in [0, 0.05) is 0 Å². The van der Waals surface area contributed by atoms with Gasteiger partial charge in [-0.25, -0.2) is 0 Å². The third kappa shape index (κ3) is 4.77. The molecule has 2 fully saturated rings. The van der Waals surface area contributed by atoms with E-state index in [4.69, 9.17) is 0 Å². The Bertz CT molecular complexity index is 759. The zero-order chi connectivity index (χ0) is 21.2. The highest BCUT2D eigenvalue weighted by Gasteiger charge is 2.49. The summed E-state index contributed by atoms with van der Waals surface area (Å²) < 4.78 is 0. The maximum absolute atomic E-state index is 10.0. The van der Waals surface area contributed by atoms with Crippen LogP contribution in [0.5, 0.6) is 0 Å². The number of hydrogen-bond acceptors (Lipinski definition) is 1. The van der Waals surface area contributed by atoms with E-state index in [1.54, 1.807) is 0 Å². The van der Waals surface area contributed by atoms with Gasteiger partial charge < -0.3 is 5.11 Å². The molecule has 3 aliphatic rings. The molecule has 0 aromatic heterocycles. The number of aliphatic hydroxyl groups excluding tert-OH is 1. The van der Waals surface area contributed by atoms with Gasteiger partial charge in [0.05, 0.1) is 6.10 Å². The number of rotatable bonds is 5. The molecule has 0 saturated heterocycles. The predicted octanol–water partition coefficient (Wildman–Crippen LogP) is 7.34. The van der Waals surface area contributed by atoms with Gasteiger partial charge in [-0.1, -0.05) is 88.5 Å². The summed E-state index contributed by atoms with van der Waals surface area (Å²) in [6.07, 6.45) is 20.0. The van der Waals surface area contributed by atoms with Gasteiger partial charge >= 0.3 is 0 Å². The minimum absolute atomic E-state index is 0.207. The first-order valence-corrected chi connectivity index (χ1v) is 11.5. The van der Waals surface area contributed by atoms with Crippen LogP contribution in [0, 0.1) is 29.1 Å². The number of hydrogen-bond donors (Lipinski definition) is 1. The van der Waals surface area contributed by atoms with Crippen molar-refractivity contribution in [2.45, 2.75) is 72.3 Å². The van der Waals surface area contributed by atoms with Crippen molar-refractivity contribution in [2.75, 3.05) is 0 Å². The Balaban J connectivity index is 1.77. The van der Waals surface area contributed by atoms with Crippen molar-refractivity contribution < 1.29 is 5.11 Å². The van der Waals surface area contributed by atoms with E-state index in [2.05, 4.69) is 77.3 Å². The number of aliphatic hydroxyl groups is 1. The van der Waals surface area contributed by atoms with Crippen molar-refractivity contribution in [3.8, 4) is 0 Å². The largest absolute Gasteiger partial charge is 0.393 e. The van der Waals surface area contributed by atoms with Crippen LogP contribution in [-0.2, 0) is 0 Å². The molecule has 1 N–H and O–H groups in total. The summed E-state index contributed by atoms with van der Waals surface area (Å²) in [7, 11) is 0. The Kier molecular flexibility index (Phi) is 6.89. The quantitative estimate of drug-likeness (QED) is 0.485. The summed E-state index contributed by atoms with van der Waals surface area (Å²) in [5.41, 5.74) is 5.44. The third-order valence-electron chi connectivity index (χ3n) is 7.84. The molecule has 158 valence electrons. The molecule has 3 aliphatic carbocycles. The molecule has 0 aromatic carbocycles. The summed E-state index contributed by atoms with van der Waals surface area (Å²) >= 11 is 0. The SMILES string of the molecule is C=C1CC[C@H](O)C/C1=C/C=C1\C=CC[C@]2(C)[C@@H]([C@H](C)/C=C/C(=C)C(C)C)CC[C@@H]12. The van der Waals surface area contributed by atoms with Crippen LogP contribution >= 0.6 is 0 Å². The summed E-state index contributed by atoms with van der Waals surface area (Å²) in [6, 6.07) is 0. The van der Waals surface area contributed by atoms with Crippen molar-refractivity contribution in [3.05, 3.63) is 71.9 Å². The van der Waals surface area contributed by atoms with Gasteiger partial charge in [-0.2, -0.15) is 0 Å². The first kappa shape index (κ1) is 22.1. The Morgan fingerprint density at radius 2 is 1.97 bits per heavy atom. The van der Waals surface area contributed by atoms with Crippen LogP contribution in [0.1, 0.15) is 66.2 Å². The van der Waals surface area contributed by atoms with E-state index in [9.17, 15) is 5.11 Å². The minimum Gasteiger partial charge on any atom is -0.393 e. The van der Waals surface area contributed by atoms with E-state index < -0.39 is 0 Å². The molecule has 29 heavy (non-hydrogen) atoms. The van der Waals surface area contributed by atoms with Gasteiger partial charge in [-0.15, -0.1) is 0 Å². The maximum Gasteiger partial charge on any atom is 0.0583 e. The Morgan fingerprint density at radius 1 is 1.21 bits per heavy atom. The predicted molar refractivity (Wildman–Crippen MR) is 126 cm³/mol. The van der Waals surface area contributed by atoms with Gasteiger partial charge in [0.25, 0.3) is 0 Å². The molecule has 3 rings (SSSR count). The second-order valence-electron chi connectivity index (χ2n) is 10.2. The Labute approximate surface area is 178 Å². The third-order valence-corrected chi connectivity index (χ3v) is 7.84. The molecular formula is C28H40O. The van der Waals surface area contributed by atoms with Gasteiger partial charge in [-0.05, 0) is 78.8 Å². The molecule has 0 aromatic rings. The maximum atomic E-state index is 10.0. The molecule has 1 nitrogen and oxygen atoms in total. The molecule has 0 heterocycles. The fourth-order valence-corrected chi connectivity index (χ4v) is 5.69. The van der Waals surface area contributed by atoms with Crippen LogP contribution in [0.3, 0.4) is 0 Å². The first-order chi connectivity index (χ1) is 13.7. The van der Waals surface area contributed by atoms with Crippen molar-refractivity contribution in [3.63, 3.8) is 0 Å². The van der Waals surface area contributed by atoms with Crippen LogP contribution in [0.25, 0.3) is 0 Å². The fraction of sp³-hybridized carbons (Fsp3) is 0.571. The lowest BCUT2D eigenvalue weighted by Gasteiger charge is -2.41. The first-order valence-electron chi connectivity index (χ1n) is 11.5. The van der Waals surface area contributed by atoms with Gasteiger partial charge in [-0.3, -0.25) is 0 Å². The lowest BCUT2D eigenvalue weighted by atomic mass is 9.63. The van der Waals surface area contributed by atoms with E-state index in [0.29, 0.717) is 29.1 Å². The normalized spacial score (nSPS) is 36.3. The van der Waals surface area contributed by atoms with Gasteiger partial charge in [0.15, 0.2) is 0 Å². The molecular weight excluding hydrogens is 352 g/mol. The molecule has 0 unspecified atom stereocenters. The number of allylic oxidation sites excluding steroid dienone is 9. The highest BCUT2D eigenvalue weighted by atomic mass is 16.3. The van der Waals surface area contributed by atoms with Crippen molar-refractivity contribution in [1.82, 2.24) is 0 Å². The van der Waals surface area contributed by atoms with Crippen molar-refractivity contribution in [1.29, 1.82) is 0 Å². The van der Waals surface area contributed by atoms with Gasteiger partial charge in [0.1, 0.15) is 0 Å². The van der Waals surface area contributed by atoms with Crippen molar-refractivity contribution >= 4 is 0 Å². The summed E-state index contributed by atoms with van der Waals surface area (Å²) in [6.45, 7) is 17.7. The second-order valence-corrected chi connectivity index (χ2v) is 10.2. The smallest absolute Gasteiger partial charge is 0.0583 e. The standard InChI is InChI=1S/C28H40O/c1-19(2)20(3)9-10-22(5)26-15-16-27-23(8-7-17-28(26,27)6)12-13-24-18-25(29)14-11-21(24)4/h7-10,12-13,19,22,25-27,29H,3-4,11,14-18H2,1-2,5-6H3/b10-9+,23-12+,24-13-/t22-,25+,26-,27+,28-/m1/s1. The monoisotopic (exact) mass is 392 g/mol. The summed E-state index contributed by atoms with van der Waals surface area (Å²) in [4.78, 5) is 0. The van der Waals surface area contributed by atoms with Crippen LogP contribution in [0.2, 0.25) is 0 Å². The molecule has 0 amide bonds. The summed E-state index contributed by atoms with van der Waals surface area (Å²) in [5.74, 6) is 2.41. The fourth-order valence-electron chi connectivity index (χ4n) is 5.69. The molecule has 1 heteroatoms. The van der Waals surface area contributed by atoms with Crippen molar-refractivity contribution in [2.24, 2.45) is 29.1 Å². The number of fused-ring (bicyclic) bond motifs is 1. The molecule has 0 bridgehead atoms. The van der Waals surface area contributed by atoms with E-state index in [-0.39, 0.29) is 6.10 Å². The van der Waals surface area contributed by atoms with E-state index >= 15 is 0 Å². The molecule has 0 radical (unpaired) electrons. The zero-order valence-corrected chi connectivity index (χ0v) is 19.0.